The molecule has 0 aromatic heterocycles. The van der Waals surface area contributed by atoms with Gasteiger partial charge in [-0.1, -0.05) is 32.0 Å². The predicted octanol–water partition coefficient (Wildman–Crippen LogP) is 2.32. The first-order chi connectivity index (χ1) is 8.56. The Labute approximate surface area is 109 Å². The Morgan fingerprint density at radius 2 is 1.89 bits per heavy atom. The number of likely N-dealkylation sites (tertiary alicyclic amines) is 1. The molecule has 1 aromatic rings. The van der Waals surface area contributed by atoms with Gasteiger partial charge in [-0.25, -0.2) is 0 Å². The van der Waals surface area contributed by atoms with Gasteiger partial charge in [-0.2, -0.15) is 0 Å². The van der Waals surface area contributed by atoms with Crippen LogP contribution < -0.4 is 5.73 Å². The first-order valence-electron chi connectivity index (χ1n) is 6.67. The van der Waals surface area contributed by atoms with Crippen molar-refractivity contribution in [1.82, 2.24) is 4.90 Å². The maximum atomic E-state index is 12.3. The number of anilines is 1. The van der Waals surface area contributed by atoms with Crippen molar-refractivity contribution in [2.45, 2.75) is 26.7 Å². The third-order valence-corrected chi connectivity index (χ3v) is 3.62. The molecule has 18 heavy (non-hydrogen) atoms. The van der Waals surface area contributed by atoms with Crippen LogP contribution in [0.25, 0.3) is 0 Å². The highest BCUT2D eigenvalue weighted by molar-refractivity contribution is 5.80. The van der Waals surface area contributed by atoms with Gasteiger partial charge in [0, 0.05) is 18.8 Å². The molecule has 0 aliphatic carbocycles. The third-order valence-electron chi connectivity index (χ3n) is 3.62. The quantitative estimate of drug-likeness (QED) is 0.814. The van der Waals surface area contributed by atoms with Crippen LogP contribution in [0.4, 0.5) is 5.69 Å². The molecule has 1 heterocycles. The van der Waals surface area contributed by atoms with Gasteiger partial charge in [0.1, 0.15) is 0 Å². The van der Waals surface area contributed by atoms with E-state index in [9.17, 15) is 4.79 Å². The van der Waals surface area contributed by atoms with Crippen LogP contribution in [0.5, 0.6) is 0 Å². The van der Waals surface area contributed by atoms with Gasteiger partial charge < -0.3 is 10.6 Å². The highest BCUT2D eigenvalue weighted by atomic mass is 16.2. The Balaban J connectivity index is 2.02. The minimum Gasteiger partial charge on any atom is -0.398 e. The molecule has 98 valence electrons. The number of nitrogens with two attached hydrogens (primary N) is 1. The van der Waals surface area contributed by atoms with Crippen molar-refractivity contribution in [3.05, 3.63) is 29.8 Å². The monoisotopic (exact) mass is 246 g/mol. The summed E-state index contributed by atoms with van der Waals surface area (Å²) in [6.07, 6.45) is 1.64. The van der Waals surface area contributed by atoms with Gasteiger partial charge in [-0.15, -0.1) is 0 Å². The summed E-state index contributed by atoms with van der Waals surface area (Å²) in [5.41, 5.74) is 7.53. The van der Waals surface area contributed by atoms with Gasteiger partial charge in [-0.3, -0.25) is 4.79 Å². The molecule has 2 rings (SSSR count). The molecule has 0 radical (unpaired) electrons. The molecule has 2 N–H and O–H groups in total. The number of carbonyl (C=O) groups excluding carboxylic acids is 1. The zero-order valence-electron chi connectivity index (χ0n) is 11.2. The van der Waals surface area contributed by atoms with E-state index in [0.717, 1.165) is 18.7 Å². The molecule has 1 aliphatic rings. The molecule has 0 unspecified atom stereocenters. The Morgan fingerprint density at radius 1 is 1.28 bits per heavy atom. The molecule has 1 aromatic carbocycles. The van der Waals surface area contributed by atoms with Crippen LogP contribution in [0.3, 0.4) is 0 Å². The van der Waals surface area contributed by atoms with Gasteiger partial charge in [0.05, 0.1) is 6.42 Å². The topological polar surface area (TPSA) is 46.3 Å². The lowest BCUT2D eigenvalue weighted by atomic mass is 9.91. The summed E-state index contributed by atoms with van der Waals surface area (Å²) in [5.74, 6) is 1.41. The molecular weight excluding hydrogens is 224 g/mol. The van der Waals surface area contributed by atoms with E-state index in [2.05, 4.69) is 13.8 Å². The second kappa shape index (κ2) is 5.42. The Kier molecular flexibility index (Phi) is 3.90. The van der Waals surface area contributed by atoms with Crippen molar-refractivity contribution in [2.75, 3.05) is 18.8 Å². The average Bonchev–Trinajstić information content (AvgIpc) is 2.31. The van der Waals surface area contributed by atoms with Crippen LogP contribution >= 0.6 is 0 Å². The van der Waals surface area contributed by atoms with E-state index in [1.165, 1.54) is 6.42 Å². The maximum Gasteiger partial charge on any atom is 0.227 e. The van der Waals surface area contributed by atoms with Gasteiger partial charge in [-0.05, 0) is 29.9 Å². The summed E-state index contributed by atoms with van der Waals surface area (Å²) in [6, 6.07) is 7.61. The lowest BCUT2D eigenvalue weighted by Gasteiger charge is -2.35. The number of amides is 1. The zero-order valence-corrected chi connectivity index (χ0v) is 11.2. The van der Waals surface area contributed by atoms with Gasteiger partial charge >= 0.3 is 0 Å². The second-order valence-corrected chi connectivity index (χ2v) is 5.62. The van der Waals surface area contributed by atoms with Crippen LogP contribution in [-0.2, 0) is 11.2 Å². The minimum atomic E-state index is 0.200. The van der Waals surface area contributed by atoms with E-state index in [1.807, 2.05) is 29.2 Å². The fraction of sp³-hybridized carbons (Fsp3) is 0.533. The number of hydrogen-bond donors (Lipinski definition) is 1. The van der Waals surface area contributed by atoms with E-state index in [0.29, 0.717) is 23.9 Å². The van der Waals surface area contributed by atoms with E-state index in [-0.39, 0.29) is 5.91 Å². The van der Waals surface area contributed by atoms with Gasteiger partial charge in [0.15, 0.2) is 0 Å². The Morgan fingerprint density at radius 3 is 2.50 bits per heavy atom. The molecule has 0 saturated carbocycles. The molecule has 3 nitrogen and oxygen atoms in total. The minimum absolute atomic E-state index is 0.200. The number of para-hydroxylation sites is 1. The molecule has 1 fully saturated rings. The highest BCUT2D eigenvalue weighted by Crippen LogP contribution is 2.22. The van der Waals surface area contributed by atoms with E-state index < -0.39 is 0 Å². The molecule has 0 spiro atoms. The summed E-state index contributed by atoms with van der Waals surface area (Å²) < 4.78 is 0. The summed E-state index contributed by atoms with van der Waals surface area (Å²) in [6.45, 7) is 6.20. The third kappa shape index (κ3) is 3.03. The number of nitrogens with zero attached hydrogens (tertiary/aromatic N) is 1. The maximum absolute atomic E-state index is 12.3. The largest absolute Gasteiger partial charge is 0.398 e. The van der Waals surface area contributed by atoms with Gasteiger partial charge in [0.2, 0.25) is 5.91 Å². The number of rotatable bonds is 2. The van der Waals surface area contributed by atoms with Crippen LogP contribution in [-0.4, -0.2) is 23.9 Å². The average molecular weight is 246 g/mol. The summed E-state index contributed by atoms with van der Waals surface area (Å²) in [5, 5.41) is 0. The van der Waals surface area contributed by atoms with E-state index in [1.54, 1.807) is 0 Å². The Bertz CT molecular complexity index is 420. The SMILES string of the molecule is C[C@@H]1C[C@@H](C)CN(C(=O)Cc2ccccc2N)C1. The molecule has 1 aliphatic heterocycles. The lowest BCUT2D eigenvalue weighted by molar-refractivity contribution is -0.133. The molecule has 1 saturated heterocycles. The fourth-order valence-electron chi connectivity index (χ4n) is 2.84. The highest BCUT2D eigenvalue weighted by Gasteiger charge is 2.25. The fourth-order valence-corrected chi connectivity index (χ4v) is 2.84. The number of piperidine rings is 1. The summed E-state index contributed by atoms with van der Waals surface area (Å²) >= 11 is 0. The number of hydrogen-bond acceptors (Lipinski definition) is 2. The molecular formula is C15H22N2O. The first-order valence-corrected chi connectivity index (χ1v) is 6.67. The predicted molar refractivity (Wildman–Crippen MR) is 74.1 cm³/mol. The molecule has 2 atom stereocenters. The normalized spacial score (nSPS) is 24.0. The van der Waals surface area contributed by atoms with Crippen LogP contribution in [0, 0.1) is 11.8 Å². The van der Waals surface area contributed by atoms with Crippen molar-refractivity contribution in [1.29, 1.82) is 0 Å². The van der Waals surface area contributed by atoms with Crippen molar-refractivity contribution in [3.63, 3.8) is 0 Å². The van der Waals surface area contributed by atoms with Crippen LogP contribution in [0.2, 0.25) is 0 Å². The number of carbonyl (C=O) groups is 1. The molecule has 3 heteroatoms. The van der Waals surface area contributed by atoms with Crippen molar-refractivity contribution in [2.24, 2.45) is 11.8 Å². The van der Waals surface area contributed by atoms with Crippen LogP contribution in [0.1, 0.15) is 25.8 Å². The lowest BCUT2D eigenvalue weighted by Crippen LogP contribution is -2.43. The number of nitrogen functional groups attached to an aromatic ring is 1. The number of benzene rings is 1. The second-order valence-electron chi connectivity index (χ2n) is 5.62. The van der Waals surface area contributed by atoms with E-state index in [4.69, 9.17) is 5.73 Å². The smallest absolute Gasteiger partial charge is 0.227 e. The Hall–Kier alpha value is -1.51. The first kappa shape index (κ1) is 12.9. The van der Waals surface area contributed by atoms with Crippen molar-refractivity contribution >= 4 is 11.6 Å². The molecule has 0 bridgehead atoms. The van der Waals surface area contributed by atoms with Crippen molar-refractivity contribution < 1.29 is 4.79 Å². The summed E-state index contributed by atoms with van der Waals surface area (Å²) in [7, 11) is 0. The zero-order chi connectivity index (χ0) is 13.1. The van der Waals surface area contributed by atoms with E-state index >= 15 is 0 Å². The summed E-state index contributed by atoms with van der Waals surface area (Å²) in [4.78, 5) is 14.3. The molecule has 1 amide bonds. The van der Waals surface area contributed by atoms with Crippen LogP contribution in [0.15, 0.2) is 24.3 Å². The van der Waals surface area contributed by atoms with Crippen molar-refractivity contribution in [3.8, 4) is 0 Å². The standard InChI is InChI=1S/C15H22N2O/c1-11-7-12(2)10-17(9-11)15(18)8-13-5-3-4-6-14(13)16/h3-6,11-12H,7-10,16H2,1-2H3/t11-,12-/m1/s1. The van der Waals surface area contributed by atoms with Gasteiger partial charge in [0.25, 0.3) is 0 Å².